The van der Waals surface area contributed by atoms with Crippen molar-refractivity contribution in [1.29, 1.82) is 0 Å². The Balaban J connectivity index is 2.44. The molecule has 1 aliphatic heterocycles. The fraction of sp³-hybridized carbons (Fsp3) is 1.00. The average Bonchev–Trinajstić information content (AvgIpc) is 2.86. The van der Waals surface area contributed by atoms with Gasteiger partial charge in [-0.1, -0.05) is 20.3 Å². The number of hydrogen-bond acceptors (Lipinski definition) is 3. The van der Waals surface area contributed by atoms with Gasteiger partial charge >= 0.3 is 0 Å². The molecule has 102 valence electrons. The molecule has 1 fully saturated rings. The van der Waals surface area contributed by atoms with E-state index in [1.54, 1.807) is 0 Å². The van der Waals surface area contributed by atoms with Crippen LogP contribution in [0, 0.1) is 5.92 Å². The molecule has 17 heavy (non-hydrogen) atoms. The van der Waals surface area contributed by atoms with E-state index in [0.717, 1.165) is 13.1 Å². The summed E-state index contributed by atoms with van der Waals surface area (Å²) in [6.45, 7) is 12.5. The van der Waals surface area contributed by atoms with Gasteiger partial charge in [-0.15, -0.1) is 0 Å². The van der Waals surface area contributed by atoms with Gasteiger partial charge in [-0.3, -0.25) is 4.90 Å². The quantitative estimate of drug-likeness (QED) is 0.737. The van der Waals surface area contributed by atoms with Crippen molar-refractivity contribution in [2.24, 2.45) is 11.7 Å². The first-order chi connectivity index (χ1) is 8.04. The van der Waals surface area contributed by atoms with Crippen LogP contribution in [0.4, 0.5) is 0 Å². The number of nitrogens with zero attached hydrogens (tertiary/aromatic N) is 2. The number of likely N-dealkylation sites (N-methyl/N-ethyl adjacent to an activating group) is 1. The van der Waals surface area contributed by atoms with E-state index >= 15 is 0 Å². The SMILES string of the molecule is CCC(C)C(C)(CN)N(C)CCN1CCCC1. The van der Waals surface area contributed by atoms with Crippen molar-refractivity contribution in [3.05, 3.63) is 0 Å². The lowest BCUT2D eigenvalue weighted by Gasteiger charge is -2.43. The molecule has 2 N–H and O–H groups in total. The average molecular weight is 241 g/mol. The van der Waals surface area contributed by atoms with Crippen LogP contribution in [0.3, 0.4) is 0 Å². The molecule has 0 radical (unpaired) electrons. The molecule has 0 spiro atoms. The molecule has 3 nitrogen and oxygen atoms in total. The molecule has 1 rings (SSSR count). The van der Waals surface area contributed by atoms with Crippen molar-refractivity contribution in [3.8, 4) is 0 Å². The zero-order valence-electron chi connectivity index (χ0n) is 12.2. The van der Waals surface area contributed by atoms with Crippen LogP contribution >= 0.6 is 0 Å². The van der Waals surface area contributed by atoms with Gasteiger partial charge in [0.05, 0.1) is 0 Å². The second-order valence-electron chi connectivity index (χ2n) is 5.84. The normalized spacial score (nSPS) is 22.9. The fourth-order valence-corrected chi connectivity index (χ4v) is 2.73. The summed E-state index contributed by atoms with van der Waals surface area (Å²) in [4.78, 5) is 5.05. The minimum absolute atomic E-state index is 0.147. The van der Waals surface area contributed by atoms with E-state index in [9.17, 15) is 0 Å². The topological polar surface area (TPSA) is 32.5 Å². The fourth-order valence-electron chi connectivity index (χ4n) is 2.73. The van der Waals surface area contributed by atoms with Crippen molar-refractivity contribution in [1.82, 2.24) is 9.80 Å². The van der Waals surface area contributed by atoms with E-state index in [4.69, 9.17) is 5.73 Å². The van der Waals surface area contributed by atoms with Gasteiger partial charge in [-0.25, -0.2) is 0 Å². The van der Waals surface area contributed by atoms with Crippen molar-refractivity contribution in [2.75, 3.05) is 39.8 Å². The monoisotopic (exact) mass is 241 g/mol. The molecule has 2 atom stereocenters. The first-order valence-electron chi connectivity index (χ1n) is 7.18. The third-order valence-corrected chi connectivity index (χ3v) is 4.91. The Morgan fingerprint density at radius 3 is 2.41 bits per heavy atom. The summed E-state index contributed by atoms with van der Waals surface area (Å²) < 4.78 is 0. The van der Waals surface area contributed by atoms with Crippen LogP contribution in [-0.2, 0) is 0 Å². The number of likely N-dealkylation sites (tertiary alicyclic amines) is 1. The van der Waals surface area contributed by atoms with Crippen LogP contribution < -0.4 is 5.73 Å². The van der Waals surface area contributed by atoms with E-state index in [1.807, 2.05) is 0 Å². The largest absolute Gasteiger partial charge is 0.329 e. The molecule has 1 aliphatic rings. The highest BCUT2D eigenvalue weighted by Crippen LogP contribution is 2.25. The van der Waals surface area contributed by atoms with Crippen LogP contribution in [0.2, 0.25) is 0 Å². The molecule has 0 aromatic rings. The first kappa shape index (κ1) is 14.9. The van der Waals surface area contributed by atoms with Gasteiger partial charge in [0.25, 0.3) is 0 Å². The Kier molecular flexibility index (Phi) is 5.90. The number of hydrogen-bond donors (Lipinski definition) is 1. The van der Waals surface area contributed by atoms with Gasteiger partial charge in [0.2, 0.25) is 0 Å². The minimum atomic E-state index is 0.147. The van der Waals surface area contributed by atoms with Crippen molar-refractivity contribution >= 4 is 0 Å². The van der Waals surface area contributed by atoms with Crippen LogP contribution in [0.15, 0.2) is 0 Å². The molecule has 0 aliphatic carbocycles. The van der Waals surface area contributed by atoms with Gasteiger partial charge < -0.3 is 10.6 Å². The molecule has 0 bridgehead atoms. The lowest BCUT2D eigenvalue weighted by Crippen LogP contribution is -2.55. The second-order valence-corrected chi connectivity index (χ2v) is 5.84. The first-order valence-corrected chi connectivity index (χ1v) is 7.18. The summed E-state index contributed by atoms with van der Waals surface area (Å²) >= 11 is 0. The molecular formula is C14H31N3. The molecule has 0 aromatic carbocycles. The molecule has 0 amide bonds. The van der Waals surface area contributed by atoms with Gasteiger partial charge in [-0.2, -0.15) is 0 Å². The third kappa shape index (κ3) is 3.67. The summed E-state index contributed by atoms with van der Waals surface area (Å²) in [5.41, 5.74) is 6.16. The Hall–Kier alpha value is -0.120. The van der Waals surface area contributed by atoms with Crippen molar-refractivity contribution in [3.63, 3.8) is 0 Å². The summed E-state index contributed by atoms with van der Waals surface area (Å²) in [6, 6.07) is 0. The molecule has 2 unspecified atom stereocenters. The smallest absolute Gasteiger partial charge is 0.0326 e. The van der Waals surface area contributed by atoms with Gasteiger partial charge in [0, 0.05) is 25.2 Å². The van der Waals surface area contributed by atoms with E-state index in [1.165, 1.54) is 38.9 Å². The summed E-state index contributed by atoms with van der Waals surface area (Å²) in [6.07, 6.45) is 3.95. The van der Waals surface area contributed by atoms with Crippen LogP contribution in [0.25, 0.3) is 0 Å². The molecule has 3 heteroatoms. The van der Waals surface area contributed by atoms with Crippen LogP contribution in [-0.4, -0.2) is 55.1 Å². The van der Waals surface area contributed by atoms with E-state index in [0.29, 0.717) is 5.92 Å². The van der Waals surface area contributed by atoms with Crippen molar-refractivity contribution < 1.29 is 0 Å². The van der Waals surface area contributed by atoms with E-state index in [-0.39, 0.29) is 5.54 Å². The van der Waals surface area contributed by atoms with Gasteiger partial charge in [-0.05, 0) is 45.8 Å². The molecule has 0 aromatic heterocycles. The molecular weight excluding hydrogens is 210 g/mol. The highest BCUT2D eigenvalue weighted by atomic mass is 15.2. The number of nitrogens with two attached hydrogens (primary N) is 1. The maximum atomic E-state index is 6.01. The highest BCUT2D eigenvalue weighted by molar-refractivity contribution is 4.90. The Bertz CT molecular complexity index is 214. The van der Waals surface area contributed by atoms with Gasteiger partial charge in [0.1, 0.15) is 0 Å². The highest BCUT2D eigenvalue weighted by Gasteiger charge is 2.32. The predicted molar refractivity (Wildman–Crippen MR) is 75.2 cm³/mol. The maximum Gasteiger partial charge on any atom is 0.0326 e. The third-order valence-electron chi connectivity index (χ3n) is 4.91. The zero-order valence-corrected chi connectivity index (χ0v) is 12.2. The van der Waals surface area contributed by atoms with Crippen LogP contribution in [0.5, 0.6) is 0 Å². The zero-order chi connectivity index (χ0) is 12.9. The Morgan fingerprint density at radius 2 is 1.94 bits per heavy atom. The second kappa shape index (κ2) is 6.72. The molecule has 1 saturated heterocycles. The number of rotatable bonds is 7. The van der Waals surface area contributed by atoms with E-state index in [2.05, 4.69) is 37.6 Å². The van der Waals surface area contributed by atoms with Crippen LogP contribution in [0.1, 0.15) is 40.0 Å². The minimum Gasteiger partial charge on any atom is -0.329 e. The standard InChI is InChI=1S/C14H31N3/c1-5-13(2)14(3,12-15)16(4)10-11-17-8-6-7-9-17/h13H,5-12,15H2,1-4H3. The molecule has 0 saturated carbocycles. The molecule has 1 heterocycles. The summed E-state index contributed by atoms with van der Waals surface area (Å²) in [5, 5.41) is 0. The van der Waals surface area contributed by atoms with Crippen molar-refractivity contribution in [2.45, 2.75) is 45.6 Å². The maximum absolute atomic E-state index is 6.01. The summed E-state index contributed by atoms with van der Waals surface area (Å²) in [7, 11) is 2.23. The lowest BCUT2D eigenvalue weighted by molar-refractivity contribution is 0.0756. The summed E-state index contributed by atoms with van der Waals surface area (Å²) in [5.74, 6) is 0.649. The lowest BCUT2D eigenvalue weighted by atomic mass is 9.83. The van der Waals surface area contributed by atoms with Gasteiger partial charge in [0.15, 0.2) is 0 Å². The predicted octanol–water partition coefficient (Wildman–Crippen LogP) is 1.78. The van der Waals surface area contributed by atoms with E-state index < -0.39 is 0 Å². The Labute approximate surface area is 107 Å². The Morgan fingerprint density at radius 1 is 1.35 bits per heavy atom.